The Bertz CT molecular complexity index is 584. The van der Waals surface area contributed by atoms with Crippen LogP contribution in [0.3, 0.4) is 0 Å². The van der Waals surface area contributed by atoms with Crippen LogP contribution in [0.5, 0.6) is 5.88 Å². The number of carboxylic acids is 1. The largest absolute Gasteiger partial charge is 0.481 e. The monoisotopic (exact) mass is 264 g/mol. The molecule has 1 N–H and O–H groups in total. The summed E-state index contributed by atoms with van der Waals surface area (Å²) in [6, 6.07) is 8.05. The Morgan fingerprint density at radius 2 is 1.94 bits per heavy atom. The van der Waals surface area contributed by atoms with E-state index in [2.05, 4.69) is 9.97 Å². The number of hydrogen-bond donors (Lipinski definition) is 1. The van der Waals surface area contributed by atoms with E-state index in [1.807, 2.05) is 0 Å². The molecule has 6 heteroatoms. The second-order valence-corrected chi connectivity index (χ2v) is 3.87. The highest BCUT2D eigenvalue weighted by atomic mass is 35.5. The summed E-state index contributed by atoms with van der Waals surface area (Å²) < 4.78 is 4.95. The molecule has 1 aromatic heterocycles. The van der Waals surface area contributed by atoms with Crippen molar-refractivity contribution in [2.45, 2.75) is 0 Å². The van der Waals surface area contributed by atoms with Gasteiger partial charge in [-0.2, -0.15) is 4.98 Å². The molecule has 0 bridgehead atoms. The van der Waals surface area contributed by atoms with Crippen LogP contribution >= 0.6 is 11.6 Å². The number of methoxy groups -OCH3 is 1. The minimum absolute atomic E-state index is 0.119. The Kier molecular flexibility index (Phi) is 3.43. The number of carboxylic acid groups (broad SMARTS) is 1. The highest BCUT2D eigenvalue weighted by Crippen LogP contribution is 2.21. The molecular formula is C12H9ClN2O3. The Balaban J connectivity index is 2.52. The summed E-state index contributed by atoms with van der Waals surface area (Å²) in [7, 11) is 1.42. The molecule has 0 atom stereocenters. The van der Waals surface area contributed by atoms with Crippen molar-refractivity contribution in [3.63, 3.8) is 0 Å². The maximum atomic E-state index is 10.9. The fourth-order valence-electron chi connectivity index (χ4n) is 1.37. The van der Waals surface area contributed by atoms with Gasteiger partial charge in [-0.1, -0.05) is 11.6 Å². The molecule has 0 saturated heterocycles. The number of rotatable bonds is 3. The number of carbonyl (C=O) groups is 1. The van der Waals surface area contributed by atoms with Crippen molar-refractivity contribution >= 4 is 17.6 Å². The van der Waals surface area contributed by atoms with Gasteiger partial charge in [0.05, 0.1) is 7.11 Å². The first-order chi connectivity index (χ1) is 8.60. The van der Waals surface area contributed by atoms with E-state index in [1.165, 1.54) is 13.2 Å². The first-order valence-corrected chi connectivity index (χ1v) is 5.40. The third-order valence-corrected chi connectivity index (χ3v) is 2.49. The standard InChI is InChI=1S/C12H9ClN2O3/c1-18-10-6-9(12(16)17)14-11(15-10)7-2-4-8(13)5-3-7/h2-6H,1H3,(H,16,17). The molecule has 0 fully saturated rings. The van der Waals surface area contributed by atoms with Gasteiger partial charge >= 0.3 is 5.97 Å². The van der Waals surface area contributed by atoms with Crippen LogP contribution in [0.25, 0.3) is 11.4 Å². The average Bonchev–Trinajstić information content (AvgIpc) is 2.39. The summed E-state index contributed by atoms with van der Waals surface area (Å²) in [5.74, 6) is -0.651. The third-order valence-electron chi connectivity index (χ3n) is 2.23. The van der Waals surface area contributed by atoms with Crippen LogP contribution in [-0.4, -0.2) is 28.2 Å². The summed E-state index contributed by atoms with van der Waals surface area (Å²) in [4.78, 5) is 19.0. The highest BCUT2D eigenvalue weighted by Gasteiger charge is 2.12. The quantitative estimate of drug-likeness (QED) is 0.922. The number of ether oxygens (including phenoxy) is 1. The van der Waals surface area contributed by atoms with Crippen LogP contribution in [0.4, 0.5) is 0 Å². The summed E-state index contributed by atoms with van der Waals surface area (Å²) in [5, 5.41) is 9.54. The number of benzene rings is 1. The van der Waals surface area contributed by atoms with Gasteiger partial charge in [0.25, 0.3) is 0 Å². The topological polar surface area (TPSA) is 72.3 Å². The molecule has 1 aromatic carbocycles. The van der Waals surface area contributed by atoms with Gasteiger partial charge in [0.15, 0.2) is 11.5 Å². The molecule has 1 heterocycles. The van der Waals surface area contributed by atoms with E-state index >= 15 is 0 Å². The first kappa shape index (κ1) is 12.3. The normalized spacial score (nSPS) is 10.1. The van der Waals surface area contributed by atoms with Crippen molar-refractivity contribution in [3.05, 3.63) is 41.0 Å². The van der Waals surface area contributed by atoms with E-state index in [4.69, 9.17) is 21.4 Å². The molecule has 2 aromatic rings. The van der Waals surface area contributed by atoms with Crippen molar-refractivity contribution in [2.75, 3.05) is 7.11 Å². The molecule has 0 radical (unpaired) electrons. The van der Waals surface area contributed by atoms with Gasteiger partial charge in [-0.15, -0.1) is 0 Å². The average molecular weight is 265 g/mol. The fourth-order valence-corrected chi connectivity index (χ4v) is 1.49. The predicted octanol–water partition coefficient (Wildman–Crippen LogP) is 2.50. The molecule has 0 aliphatic carbocycles. The van der Waals surface area contributed by atoms with Gasteiger partial charge in [0, 0.05) is 16.7 Å². The van der Waals surface area contributed by atoms with Gasteiger partial charge in [0.2, 0.25) is 5.88 Å². The zero-order chi connectivity index (χ0) is 13.1. The lowest BCUT2D eigenvalue weighted by Crippen LogP contribution is -2.04. The molecule has 5 nitrogen and oxygen atoms in total. The van der Waals surface area contributed by atoms with Crippen LogP contribution in [-0.2, 0) is 0 Å². The van der Waals surface area contributed by atoms with Crippen molar-refractivity contribution < 1.29 is 14.6 Å². The van der Waals surface area contributed by atoms with Crippen molar-refractivity contribution in [1.82, 2.24) is 9.97 Å². The molecule has 92 valence electrons. The van der Waals surface area contributed by atoms with Crippen molar-refractivity contribution in [3.8, 4) is 17.3 Å². The molecule has 0 amide bonds. The van der Waals surface area contributed by atoms with E-state index in [9.17, 15) is 4.79 Å². The highest BCUT2D eigenvalue weighted by molar-refractivity contribution is 6.30. The summed E-state index contributed by atoms with van der Waals surface area (Å²) >= 11 is 5.78. The maximum Gasteiger partial charge on any atom is 0.354 e. The van der Waals surface area contributed by atoms with Gasteiger partial charge in [-0.05, 0) is 24.3 Å². The second-order valence-electron chi connectivity index (χ2n) is 3.43. The van der Waals surface area contributed by atoms with E-state index < -0.39 is 5.97 Å². The molecule has 0 aliphatic rings. The second kappa shape index (κ2) is 5.01. The first-order valence-electron chi connectivity index (χ1n) is 5.02. The smallest absolute Gasteiger partial charge is 0.354 e. The molecule has 0 saturated carbocycles. The van der Waals surface area contributed by atoms with Crippen molar-refractivity contribution in [2.24, 2.45) is 0 Å². The van der Waals surface area contributed by atoms with Gasteiger partial charge in [-0.25, -0.2) is 9.78 Å². The van der Waals surface area contributed by atoms with Crippen LogP contribution in [0, 0.1) is 0 Å². The number of nitrogens with zero attached hydrogens (tertiary/aromatic N) is 2. The Morgan fingerprint density at radius 1 is 1.28 bits per heavy atom. The van der Waals surface area contributed by atoms with Crippen LogP contribution < -0.4 is 4.74 Å². The summed E-state index contributed by atoms with van der Waals surface area (Å²) in [6.07, 6.45) is 0. The molecule has 0 spiro atoms. The van der Waals surface area contributed by atoms with Crippen molar-refractivity contribution in [1.29, 1.82) is 0 Å². The van der Waals surface area contributed by atoms with E-state index in [1.54, 1.807) is 24.3 Å². The van der Waals surface area contributed by atoms with Gasteiger partial charge < -0.3 is 9.84 Å². The molecule has 0 unspecified atom stereocenters. The van der Waals surface area contributed by atoms with E-state index in [0.29, 0.717) is 10.6 Å². The van der Waals surface area contributed by atoms with Crippen LogP contribution in [0.15, 0.2) is 30.3 Å². The predicted molar refractivity (Wildman–Crippen MR) is 66.0 cm³/mol. The SMILES string of the molecule is COc1cc(C(=O)O)nc(-c2ccc(Cl)cc2)n1. The van der Waals surface area contributed by atoms with Crippen LogP contribution in [0.2, 0.25) is 5.02 Å². The zero-order valence-electron chi connectivity index (χ0n) is 9.42. The Labute approximate surface area is 108 Å². The lowest BCUT2D eigenvalue weighted by atomic mass is 10.2. The van der Waals surface area contributed by atoms with Gasteiger partial charge in [0.1, 0.15) is 0 Å². The molecule has 2 rings (SSSR count). The lowest BCUT2D eigenvalue weighted by molar-refractivity contribution is 0.0690. The number of aromatic nitrogens is 2. The molecule has 0 aliphatic heterocycles. The zero-order valence-corrected chi connectivity index (χ0v) is 10.2. The molecular weight excluding hydrogens is 256 g/mol. The summed E-state index contributed by atoms with van der Waals surface area (Å²) in [5.41, 5.74) is 0.549. The Morgan fingerprint density at radius 3 is 2.50 bits per heavy atom. The molecule has 18 heavy (non-hydrogen) atoms. The lowest BCUT2D eigenvalue weighted by Gasteiger charge is -2.05. The number of halogens is 1. The number of hydrogen-bond acceptors (Lipinski definition) is 4. The maximum absolute atomic E-state index is 10.9. The van der Waals surface area contributed by atoms with Gasteiger partial charge in [-0.3, -0.25) is 0 Å². The summed E-state index contributed by atoms with van der Waals surface area (Å²) in [6.45, 7) is 0. The van der Waals surface area contributed by atoms with E-state index in [0.717, 1.165) is 0 Å². The Hall–Kier alpha value is -2.14. The van der Waals surface area contributed by atoms with E-state index in [-0.39, 0.29) is 17.4 Å². The number of aromatic carboxylic acids is 1. The van der Waals surface area contributed by atoms with Crippen LogP contribution in [0.1, 0.15) is 10.5 Å². The minimum atomic E-state index is -1.13. The fraction of sp³-hybridized carbons (Fsp3) is 0.0833. The third kappa shape index (κ3) is 2.57. The minimum Gasteiger partial charge on any atom is -0.481 e.